The molecule has 2 heterocycles. The quantitative estimate of drug-likeness (QED) is 0.904. The van der Waals surface area contributed by atoms with Gasteiger partial charge in [0.25, 0.3) is 5.91 Å². The van der Waals surface area contributed by atoms with Crippen LogP contribution in [0.3, 0.4) is 0 Å². The summed E-state index contributed by atoms with van der Waals surface area (Å²) >= 11 is 0. The Morgan fingerprint density at radius 3 is 2.48 bits per heavy atom. The van der Waals surface area contributed by atoms with E-state index in [1.54, 1.807) is 36.1 Å². The fraction of sp³-hybridized carbons (Fsp3) is 0.412. The van der Waals surface area contributed by atoms with E-state index in [2.05, 4.69) is 10.4 Å². The van der Waals surface area contributed by atoms with Crippen molar-refractivity contribution < 1.29 is 13.2 Å². The Morgan fingerprint density at radius 2 is 1.84 bits per heavy atom. The van der Waals surface area contributed by atoms with E-state index in [1.165, 1.54) is 16.4 Å². The number of aryl methyl sites for hydroxylation is 1. The monoisotopic (exact) mass is 362 g/mol. The summed E-state index contributed by atoms with van der Waals surface area (Å²) in [7, 11) is -1.82. The molecule has 134 valence electrons. The molecule has 1 saturated heterocycles. The number of aromatic nitrogens is 2. The van der Waals surface area contributed by atoms with Crippen molar-refractivity contribution in [3.8, 4) is 0 Å². The smallest absolute Gasteiger partial charge is 0.256 e. The maximum absolute atomic E-state index is 12.9. The average Bonchev–Trinajstić information content (AvgIpc) is 2.85. The molecule has 0 bridgehead atoms. The van der Waals surface area contributed by atoms with Crippen LogP contribution < -0.4 is 5.32 Å². The molecule has 1 N–H and O–H groups in total. The highest BCUT2D eigenvalue weighted by atomic mass is 32.2. The van der Waals surface area contributed by atoms with Gasteiger partial charge in [-0.25, -0.2) is 8.42 Å². The summed E-state index contributed by atoms with van der Waals surface area (Å²) in [5, 5.41) is 6.76. The first-order valence-corrected chi connectivity index (χ1v) is 9.82. The highest BCUT2D eigenvalue weighted by Gasteiger charge is 2.25. The number of rotatable bonds is 4. The van der Waals surface area contributed by atoms with Gasteiger partial charge in [0.15, 0.2) is 5.82 Å². The molecule has 2 aromatic rings. The molecule has 1 fully saturated rings. The molecule has 0 spiro atoms. The van der Waals surface area contributed by atoms with E-state index in [9.17, 15) is 13.2 Å². The van der Waals surface area contributed by atoms with Gasteiger partial charge in [-0.1, -0.05) is 18.9 Å². The third kappa shape index (κ3) is 4.08. The lowest BCUT2D eigenvalue weighted by Gasteiger charge is -2.20. The van der Waals surface area contributed by atoms with Crippen molar-refractivity contribution in [3.63, 3.8) is 0 Å². The standard InChI is InChI=1S/C17H22N4O3S/c1-20-12-9-16(19-20)18-17(22)14-7-6-8-15(13-14)25(23,24)21-10-4-2-3-5-11-21/h6-9,12-13H,2-5,10-11H2,1H3,(H,18,19,22). The largest absolute Gasteiger partial charge is 0.305 e. The van der Waals surface area contributed by atoms with Crippen molar-refractivity contribution >= 4 is 21.7 Å². The van der Waals surface area contributed by atoms with E-state index in [1.807, 2.05) is 0 Å². The van der Waals surface area contributed by atoms with Gasteiger partial charge in [-0.15, -0.1) is 0 Å². The fourth-order valence-corrected chi connectivity index (χ4v) is 4.46. The van der Waals surface area contributed by atoms with Crippen molar-refractivity contribution in [1.29, 1.82) is 0 Å². The van der Waals surface area contributed by atoms with Gasteiger partial charge in [-0.05, 0) is 31.0 Å². The number of hydrogen-bond donors (Lipinski definition) is 1. The molecule has 3 rings (SSSR count). The van der Waals surface area contributed by atoms with Gasteiger partial charge < -0.3 is 5.32 Å². The Hall–Kier alpha value is -2.19. The van der Waals surface area contributed by atoms with Crippen molar-refractivity contribution in [2.75, 3.05) is 18.4 Å². The van der Waals surface area contributed by atoms with Crippen molar-refractivity contribution in [3.05, 3.63) is 42.1 Å². The molecule has 1 aliphatic heterocycles. The summed E-state index contributed by atoms with van der Waals surface area (Å²) in [6, 6.07) is 7.84. The normalized spacial score (nSPS) is 16.4. The van der Waals surface area contributed by atoms with E-state index in [0.717, 1.165) is 25.7 Å². The van der Waals surface area contributed by atoms with Gasteiger partial charge in [-0.2, -0.15) is 9.40 Å². The number of benzene rings is 1. The van der Waals surface area contributed by atoms with E-state index in [4.69, 9.17) is 0 Å². The van der Waals surface area contributed by atoms with Crippen LogP contribution in [0, 0.1) is 0 Å². The molecule has 1 amide bonds. The van der Waals surface area contributed by atoms with Crippen LogP contribution in [0.25, 0.3) is 0 Å². The molecule has 8 heteroatoms. The zero-order valence-corrected chi connectivity index (χ0v) is 15.0. The molecular formula is C17H22N4O3S. The van der Waals surface area contributed by atoms with Crippen molar-refractivity contribution in [1.82, 2.24) is 14.1 Å². The first-order valence-electron chi connectivity index (χ1n) is 8.38. The highest BCUT2D eigenvalue weighted by molar-refractivity contribution is 7.89. The number of hydrogen-bond acceptors (Lipinski definition) is 4. The number of amides is 1. The number of anilines is 1. The topological polar surface area (TPSA) is 84.3 Å². The summed E-state index contributed by atoms with van der Waals surface area (Å²) in [6.45, 7) is 1.07. The van der Waals surface area contributed by atoms with Crippen LogP contribution in [0.4, 0.5) is 5.82 Å². The Labute approximate surface area is 147 Å². The Balaban J connectivity index is 1.81. The second kappa shape index (κ2) is 7.37. The zero-order chi connectivity index (χ0) is 17.9. The van der Waals surface area contributed by atoms with Crippen LogP contribution >= 0.6 is 0 Å². The molecule has 0 radical (unpaired) electrons. The molecule has 7 nitrogen and oxygen atoms in total. The van der Waals surface area contributed by atoms with Crippen LogP contribution in [0.5, 0.6) is 0 Å². The summed E-state index contributed by atoms with van der Waals surface area (Å²) in [5.41, 5.74) is 0.293. The van der Waals surface area contributed by atoms with E-state index >= 15 is 0 Å². The molecule has 0 saturated carbocycles. The van der Waals surface area contributed by atoms with Crippen LogP contribution in [0.15, 0.2) is 41.4 Å². The van der Waals surface area contributed by atoms with Crippen LogP contribution in [0.2, 0.25) is 0 Å². The lowest BCUT2D eigenvalue weighted by Crippen LogP contribution is -2.32. The van der Waals surface area contributed by atoms with Crippen LogP contribution in [-0.2, 0) is 17.1 Å². The third-order valence-corrected chi connectivity index (χ3v) is 6.15. The lowest BCUT2D eigenvalue weighted by atomic mass is 10.2. The van der Waals surface area contributed by atoms with E-state index < -0.39 is 10.0 Å². The van der Waals surface area contributed by atoms with Crippen LogP contribution in [0.1, 0.15) is 36.0 Å². The number of nitrogens with one attached hydrogen (secondary N) is 1. The van der Waals surface area contributed by atoms with E-state index in [0.29, 0.717) is 24.5 Å². The Morgan fingerprint density at radius 1 is 1.12 bits per heavy atom. The fourth-order valence-electron chi connectivity index (χ4n) is 2.90. The van der Waals surface area contributed by atoms with Gasteiger partial charge in [0, 0.05) is 38.0 Å². The lowest BCUT2D eigenvalue weighted by molar-refractivity contribution is 0.102. The summed E-state index contributed by atoms with van der Waals surface area (Å²) < 4.78 is 28.8. The number of nitrogens with zero attached hydrogens (tertiary/aromatic N) is 3. The minimum Gasteiger partial charge on any atom is -0.305 e. The molecular weight excluding hydrogens is 340 g/mol. The maximum Gasteiger partial charge on any atom is 0.256 e. The van der Waals surface area contributed by atoms with Crippen LogP contribution in [-0.4, -0.2) is 41.5 Å². The maximum atomic E-state index is 12.9. The molecule has 0 aliphatic carbocycles. The average molecular weight is 362 g/mol. The van der Waals surface area contributed by atoms with Gasteiger partial charge in [-0.3, -0.25) is 9.48 Å². The summed E-state index contributed by atoms with van der Waals surface area (Å²) in [6.07, 6.45) is 5.57. The minimum atomic E-state index is -3.58. The minimum absolute atomic E-state index is 0.156. The number of sulfonamides is 1. The van der Waals surface area contributed by atoms with Gasteiger partial charge in [0.2, 0.25) is 10.0 Å². The predicted octanol–water partition coefficient (Wildman–Crippen LogP) is 2.24. The second-order valence-corrected chi connectivity index (χ2v) is 8.11. The molecule has 0 atom stereocenters. The zero-order valence-electron chi connectivity index (χ0n) is 14.2. The SMILES string of the molecule is Cn1ccc(NC(=O)c2cccc(S(=O)(=O)N3CCCCCC3)c2)n1. The molecule has 25 heavy (non-hydrogen) atoms. The molecule has 1 aromatic carbocycles. The molecule has 1 aromatic heterocycles. The Bertz CT molecular complexity index is 852. The Kier molecular flexibility index (Phi) is 5.19. The van der Waals surface area contributed by atoms with E-state index in [-0.39, 0.29) is 10.8 Å². The first-order chi connectivity index (χ1) is 12.0. The van der Waals surface area contributed by atoms with Crippen molar-refractivity contribution in [2.24, 2.45) is 7.05 Å². The highest BCUT2D eigenvalue weighted by Crippen LogP contribution is 2.21. The molecule has 0 unspecified atom stereocenters. The molecule has 1 aliphatic rings. The van der Waals surface area contributed by atoms with Gasteiger partial charge in [0.05, 0.1) is 4.90 Å². The van der Waals surface area contributed by atoms with Gasteiger partial charge >= 0.3 is 0 Å². The summed E-state index contributed by atoms with van der Waals surface area (Å²) in [4.78, 5) is 12.5. The third-order valence-electron chi connectivity index (χ3n) is 4.25. The predicted molar refractivity (Wildman–Crippen MR) is 94.8 cm³/mol. The number of carbonyl (C=O) groups excluding carboxylic acids is 1. The second-order valence-electron chi connectivity index (χ2n) is 6.17. The number of carbonyl (C=O) groups is 1. The van der Waals surface area contributed by atoms with Gasteiger partial charge in [0.1, 0.15) is 0 Å². The first kappa shape index (κ1) is 17.6. The summed E-state index contributed by atoms with van der Waals surface area (Å²) in [5.74, 6) is 0.0416. The van der Waals surface area contributed by atoms with Crippen molar-refractivity contribution in [2.45, 2.75) is 30.6 Å².